The quantitative estimate of drug-likeness (QED) is 0.0263. The van der Waals surface area contributed by atoms with Gasteiger partial charge in [-0.15, -0.1) is 0 Å². The van der Waals surface area contributed by atoms with Crippen LogP contribution in [0.15, 0.2) is 146 Å². The first-order valence-electron chi connectivity index (χ1n) is 42.3. The second kappa shape index (κ2) is 40.1. The number of aromatic nitrogens is 11. The molecule has 0 spiro atoms. The van der Waals surface area contributed by atoms with E-state index in [1.807, 2.05) is 0 Å². The van der Waals surface area contributed by atoms with Crippen LogP contribution in [0.2, 0.25) is 0 Å². The van der Waals surface area contributed by atoms with Crippen molar-refractivity contribution in [3.05, 3.63) is 260 Å². The van der Waals surface area contributed by atoms with Crippen molar-refractivity contribution in [2.24, 2.45) is 41.2 Å². The van der Waals surface area contributed by atoms with Gasteiger partial charge in [0.05, 0.1) is 55.1 Å². The van der Waals surface area contributed by atoms with E-state index in [1.165, 1.54) is 104 Å². The predicted molar refractivity (Wildman–Crippen MR) is 471 cm³/mol. The number of aryl methyl sites for hydroxylation is 2. The SMILES string of the molecule is COC(=O)[C@H](Cc1ccc(-c2c(C(F)(F)F)cc(C)n(C)c2=O)c2nccn12)NC(=O)c1c(F)cc(N[C@H](C2CC2)C(F)(F)F)cc1F.COC(=O)[C@H](Cc1ccc(-c2c(C)n(C)c(=O)n(C)c2=O)c2nccn12)NC(=O)c1c(F)cc(N2CCCC[C@H]2C(F)(F)F)cc1F.COC(=O)[C@H](Cc1ccc(-c2cn(C)c(=O)n(C)c2=O)c2nccn12)NC(=O)c1c(F)cc(N2CCS(=O)(=O)CC2)cc1F. The summed E-state index contributed by atoms with van der Waals surface area (Å²) >= 11 is 0. The molecule has 12 aromatic rings. The molecule has 139 heavy (non-hydrogen) atoms. The van der Waals surface area contributed by atoms with Gasteiger partial charge in [0.25, 0.3) is 34.4 Å². The largest absolute Gasteiger partial charge is 0.467 e. The zero-order chi connectivity index (χ0) is 102. The molecule has 11 heterocycles. The van der Waals surface area contributed by atoms with Crippen LogP contribution in [0.5, 0.6) is 0 Å². The van der Waals surface area contributed by atoms with Crippen molar-refractivity contribution in [2.45, 2.75) is 114 Å². The van der Waals surface area contributed by atoms with Crippen LogP contribution < -0.4 is 59.1 Å². The van der Waals surface area contributed by atoms with Gasteiger partial charge in [0, 0.05) is 180 Å². The number of hydrogen-bond donors (Lipinski definition) is 4. The van der Waals surface area contributed by atoms with Crippen LogP contribution >= 0.6 is 0 Å². The van der Waals surface area contributed by atoms with E-state index in [2.05, 4.69) is 36.2 Å². The number of sulfone groups is 1. The fourth-order valence-corrected chi connectivity index (χ4v) is 17.8. The summed E-state index contributed by atoms with van der Waals surface area (Å²) in [5, 5.41) is 8.85. The number of piperidine rings is 1. The van der Waals surface area contributed by atoms with Gasteiger partial charge in [-0.3, -0.25) is 37.9 Å². The number of nitrogens with one attached hydrogen (secondary N) is 4. The van der Waals surface area contributed by atoms with Gasteiger partial charge in [-0.05, 0) is 131 Å². The van der Waals surface area contributed by atoms with Crippen LogP contribution in [-0.2, 0) is 99.1 Å². The number of methoxy groups -OCH3 is 3. The number of carbonyl (C=O) groups is 6. The summed E-state index contributed by atoms with van der Waals surface area (Å²) in [6, 6.07) is 5.48. The van der Waals surface area contributed by atoms with Crippen molar-refractivity contribution in [1.29, 1.82) is 0 Å². The number of benzene rings is 3. The first-order chi connectivity index (χ1) is 65.4. The summed E-state index contributed by atoms with van der Waals surface area (Å²) in [5.74, 6) is -16.1. The number of amides is 3. The van der Waals surface area contributed by atoms with Crippen molar-refractivity contribution in [3.63, 3.8) is 0 Å². The fraction of sp³-hybridized carbons (Fsp3) is 0.356. The van der Waals surface area contributed by atoms with Crippen LogP contribution in [0.25, 0.3) is 50.3 Å². The first kappa shape index (κ1) is 102. The highest BCUT2D eigenvalue weighted by Gasteiger charge is 2.50. The number of hydrogen-bond acceptors (Lipinski definition) is 22. The first-order valence-corrected chi connectivity index (χ1v) is 44.1. The maximum Gasteiger partial charge on any atom is 0.417 e. The lowest BCUT2D eigenvalue weighted by molar-refractivity contribution is -0.152. The molecule has 2 saturated heterocycles. The molecule has 4 N–H and O–H groups in total. The van der Waals surface area contributed by atoms with E-state index < -0.39 is 203 Å². The molecular formula is C90H86F15N17O16S. The van der Waals surface area contributed by atoms with Crippen LogP contribution in [0.4, 0.5) is 82.9 Å². The molecule has 0 radical (unpaired) electrons. The number of rotatable bonds is 23. The number of alkyl halides is 9. The monoisotopic (exact) mass is 1980 g/mol. The number of carbonyl (C=O) groups excluding carboxylic acids is 6. The maximum absolute atomic E-state index is 15.2. The van der Waals surface area contributed by atoms with Gasteiger partial charge in [-0.1, -0.05) is 0 Å². The maximum atomic E-state index is 15.2. The molecule has 0 bridgehead atoms. The lowest BCUT2D eigenvalue weighted by atomic mass is 9.99. The lowest BCUT2D eigenvalue weighted by Crippen LogP contribution is -2.49. The number of pyridine rings is 4. The Balaban J connectivity index is 0.000000176. The molecule has 15 rings (SSSR count). The minimum Gasteiger partial charge on any atom is -0.467 e. The van der Waals surface area contributed by atoms with E-state index in [0.29, 0.717) is 76.6 Å². The van der Waals surface area contributed by atoms with Crippen molar-refractivity contribution in [3.8, 4) is 33.4 Å². The molecule has 49 heteroatoms. The average Bonchev–Trinajstić information content (AvgIpc) is 1.74. The smallest absolute Gasteiger partial charge is 0.417 e. The third kappa shape index (κ3) is 21.2. The fourth-order valence-electron chi connectivity index (χ4n) is 16.6. The molecule has 3 amide bonds. The second-order valence-corrected chi connectivity index (χ2v) is 35.3. The Labute approximate surface area is 776 Å². The van der Waals surface area contributed by atoms with Crippen LogP contribution in [0.3, 0.4) is 0 Å². The Morgan fingerprint density at radius 3 is 1.29 bits per heavy atom. The molecule has 3 fully saturated rings. The van der Waals surface area contributed by atoms with Crippen LogP contribution in [0.1, 0.15) is 97.2 Å². The third-order valence-corrected chi connectivity index (χ3v) is 25.8. The van der Waals surface area contributed by atoms with E-state index in [0.717, 1.165) is 58.1 Å². The van der Waals surface area contributed by atoms with E-state index in [-0.39, 0.29) is 108 Å². The topological polar surface area (TPSA) is 381 Å². The standard InChI is InChI=1S/C31H27F8N5O4.C31H31F5N6O5.C28H28F2N6O7S/c1-14-10-19(30(34,35)36)23(28(46)43(14)2)18-7-6-17(44-9-8-40-26(18)44)13-22(29(47)48-3)42-27(45)24-20(32)11-16(12-21(24)33)41-25(15-4-5-15)31(37,38)39;1-16-24(28(44)40(3)30(46)39(16)2)19-9-8-17(42-12-10-37-26(19)42)15-22(29(45)47-4)38-27(43)25-20(32)13-18(14-21(25)33)41-11-6-5-7-23(41)31(34,35)36;1-33-15-19(26(38)34(2)28(33)40)18-5-4-16(36-7-6-31-24(18)36)14-22(27(39)43-3)32-25(37)23-20(29)12-17(13-21(23)30)35-8-10-44(41,42)11-9-35/h6-12,15,22,25,41H,4-5,13H2,1-3H3,(H,42,45);8-10,12-14,22-23H,5-7,11,15H2,1-4H3,(H,38,43);4-7,12-13,15,22H,8-11,14H2,1-3H3,(H,32,37)/t22-,25+;22-,23-;22-/m000/s1. The molecule has 5 atom stereocenters. The number of anilines is 3. The number of fused-ring (bicyclic) bond motifs is 3. The zero-order valence-electron chi connectivity index (χ0n) is 75.1. The molecule has 0 unspecified atom stereocenters. The molecule has 9 aromatic heterocycles. The summed E-state index contributed by atoms with van der Waals surface area (Å²) in [5.41, 5.74) is -5.88. The lowest BCUT2D eigenvalue weighted by Gasteiger charge is -2.38. The number of halogens is 15. The summed E-state index contributed by atoms with van der Waals surface area (Å²) in [6.45, 7) is 2.99. The van der Waals surface area contributed by atoms with Crippen LogP contribution in [-0.4, -0.2) is 190 Å². The second-order valence-electron chi connectivity index (χ2n) is 33.0. The normalized spacial score (nSPS) is 15.4. The van der Waals surface area contributed by atoms with Gasteiger partial charge in [0.1, 0.15) is 98.7 Å². The molecule has 738 valence electrons. The van der Waals surface area contributed by atoms with Crippen molar-refractivity contribution >= 4 is 79.5 Å². The molecule has 3 aromatic carbocycles. The van der Waals surface area contributed by atoms with Crippen molar-refractivity contribution in [2.75, 3.05) is 67.6 Å². The van der Waals surface area contributed by atoms with E-state index >= 15 is 26.3 Å². The molecule has 2 aliphatic heterocycles. The number of imidazole rings is 3. The zero-order valence-corrected chi connectivity index (χ0v) is 75.9. The number of nitrogens with zero attached hydrogens (tertiary/aromatic N) is 13. The van der Waals surface area contributed by atoms with Crippen molar-refractivity contribution < 1.29 is 117 Å². The number of esters is 3. The highest BCUT2D eigenvalue weighted by molar-refractivity contribution is 7.91. The van der Waals surface area contributed by atoms with E-state index in [9.17, 15) is 101 Å². The summed E-state index contributed by atoms with van der Waals surface area (Å²) < 4.78 is 262. The Kier molecular flexibility index (Phi) is 29.3. The molecule has 1 saturated carbocycles. The van der Waals surface area contributed by atoms with Gasteiger partial charge in [0.15, 0.2) is 9.84 Å². The molecule has 1 aliphatic carbocycles. The van der Waals surface area contributed by atoms with E-state index in [4.69, 9.17) is 14.2 Å². The van der Waals surface area contributed by atoms with Gasteiger partial charge in [-0.25, -0.2) is 73.7 Å². The van der Waals surface area contributed by atoms with Gasteiger partial charge < -0.3 is 72.2 Å². The third-order valence-electron chi connectivity index (χ3n) is 24.2. The van der Waals surface area contributed by atoms with Gasteiger partial charge in [0.2, 0.25) is 0 Å². The highest BCUT2D eigenvalue weighted by Crippen LogP contribution is 2.44. The van der Waals surface area contributed by atoms with Gasteiger partial charge in [-0.2, -0.15) is 39.5 Å². The van der Waals surface area contributed by atoms with Crippen molar-refractivity contribution in [1.82, 2.24) is 66.9 Å². The highest BCUT2D eigenvalue weighted by atomic mass is 32.2. The summed E-state index contributed by atoms with van der Waals surface area (Å²) in [7, 11) is 6.95. The van der Waals surface area contributed by atoms with Crippen LogP contribution in [0, 0.1) is 54.7 Å². The molecule has 33 nitrogen and oxygen atoms in total. The Hall–Kier alpha value is -14.8. The molecule has 3 aliphatic rings. The Morgan fingerprint density at radius 2 is 0.878 bits per heavy atom. The summed E-state index contributed by atoms with van der Waals surface area (Å²) in [4.78, 5) is 156. The minimum absolute atomic E-state index is 0.0512. The predicted octanol–water partition coefficient (Wildman–Crippen LogP) is 9.42. The Morgan fingerprint density at radius 1 is 0.475 bits per heavy atom. The summed E-state index contributed by atoms with van der Waals surface area (Å²) in [6.07, 6.45) is -4.07. The Bertz CT molecular complexity index is 7280. The van der Waals surface area contributed by atoms with E-state index in [1.54, 1.807) is 52.4 Å². The van der Waals surface area contributed by atoms with Gasteiger partial charge >= 0.3 is 47.8 Å². The average molecular weight is 1980 g/mol. The number of ether oxygens (including phenoxy) is 3. The molecular weight excluding hydrogens is 1890 g/mol. The minimum atomic E-state index is -4.90.